The van der Waals surface area contributed by atoms with E-state index in [1.54, 1.807) is 6.20 Å². The Morgan fingerprint density at radius 2 is 2.15 bits per heavy atom. The van der Waals surface area contributed by atoms with Crippen molar-refractivity contribution in [2.75, 3.05) is 5.73 Å². The molecule has 1 heterocycles. The van der Waals surface area contributed by atoms with Gasteiger partial charge in [0, 0.05) is 17.3 Å². The van der Waals surface area contributed by atoms with Crippen LogP contribution in [0.4, 0.5) is 5.69 Å². The average Bonchev–Trinajstić information content (AvgIpc) is 2.19. The number of benzene rings is 1. The van der Waals surface area contributed by atoms with E-state index in [1.165, 1.54) is 0 Å². The molecule has 2 aromatic rings. The highest BCUT2D eigenvalue weighted by molar-refractivity contribution is 7.79. The second-order valence-corrected chi connectivity index (χ2v) is 3.19. The van der Waals surface area contributed by atoms with E-state index in [1.807, 2.05) is 24.3 Å². The van der Waals surface area contributed by atoms with Crippen LogP contribution in [-0.4, -0.2) is 4.98 Å². The van der Waals surface area contributed by atoms with Crippen LogP contribution in [0.3, 0.4) is 0 Å². The lowest BCUT2D eigenvalue weighted by molar-refractivity contribution is 1.38. The summed E-state index contributed by atoms with van der Waals surface area (Å²) in [6.45, 7) is 0. The minimum atomic E-state index is 0.651. The van der Waals surface area contributed by atoms with Gasteiger partial charge in [0.25, 0.3) is 0 Å². The summed E-state index contributed by atoms with van der Waals surface area (Å²) in [7, 11) is 0. The molecule has 0 aliphatic carbocycles. The van der Waals surface area contributed by atoms with E-state index in [4.69, 9.17) is 5.73 Å². The number of anilines is 1. The van der Waals surface area contributed by atoms with Crippen molar-refractivity contribution >= 4 is 29.2 Å². The number of aromatic nitrogens is 1. The van der Waals surface area contributed by atoms with E-state index in [9.17, 15) is 0 Å². The zero-order valence-electron chi connectivity index (χ0n) is 7.07. The molecule has 13 heavy (non-hydrogen) atoms. The Kier molecular flexibility index (Phi) is 2.10. The van der Waals surface area contributed by atoms with Crippen LogP contribution in [0.2, 0.25) is 0 Å². The van der Waals surface area contributed by atoms with Gasteiger partial charge >= 0.3 is 0 Å². The lowest BCUT2D eigenvalue weighted by atomic mass is 10.1. The second-order valence-electron chi connectivity index (χ2n) is 2.87. The number of hydrogen-bond donors (Lipinski definition) is 2. The third-order valence-electron chi connectivity index (χ3n) is 2.07. The molecule has 3 heteroatoms. The van der Waals surface area contributed by atoms with Crippen molar-refractivity contribution in [1.82, 2.24) is 4.98 Å². The van der Waals surface area contributed by atoms with Crippen LogP contribution in [-0.2, 0) is 5.75 Å². The largest absolute Gasteiger partial charge is 0.397 e. The number of nitrogen functional groups attached to an aromatic ring is 1. The molecule has 0 fully saturated rings. The summed E-state index contributed by atoms with van der Waals surface area (Å²) in [4.78, 5) is 4.23. The smallest absolute Gasteiger partial charge is 0.0934 e. The topological polar surface area (TPSA) is 38.9 Å². The maximum atomic E-state index is 5.92. The van der Waals surface area contributed by atoms with Gasteiger partial charge in [0.1, 0.15) is 0 Å². The van der Waals surface area contributed by atoms with Crippen LogP contribution >= 0.6 is 12.6 Å². The lowest BCUT2D eigenvalue weighted by Crippen LogP contribution is -1.94. The highest BCUT2D eigenvalue weighted by atomic mass is 32.1. The van der Waals surface area contributed by atoms with Crippen molar-refractivity contribution in [1.29, 1.82) is 0 Å². The molecule has 0 saturated heterocycles. The lowest BCUT2D eigenvalue weighted by Gasteiger charge is -2.05. The van der Waals surface area contributed by atoms with Gasteiger partial charge in [0.2, 0.25) is 0 Å². The van der Waals surface area contributed by atoms with Crippen LogP contribution in [0.25, 0.3) is 10.9 Å². The average molecular weight is 190 g/mol. The quantitative estimate of drug-likeness (QED) is 0.534. The highest BCUT2D eigenvalue weighted by Gasteiger charge is 2.02. The molecule has 0 radical (unpaired) electrons. The molecule has 1 aromatic heterocycles. The summed E-state index contributed by atoms with van der Waals surface area (Å²) in [6, 6.07) is 7.92. The van der Waals surface area contributed by atoms with Crippen molar-refractivity contribution in [2.45, 2.75) is 5.75 Å². The van der Waals surface area contributed by atoms with Gasteiger partial charge in [0.05, 0.1) is 11.2 Å². The van der Waals surface area contributed by atoms with Crippen molar-refractivity contribution in [3.8, 4) is 0 Å². The van der Waals surface area contributed by atoms with Crippen LogP contribution in [0.5, 0.6) is 0 Å². The van der Waals surface area contributed by atoms with Crippen LogP contribution in [0.15, 0.2) is 30.5 Å². The van der Waals surface area contributed by atoms with Crippen LogP contribution < -0.4 is 5.73 Å². The van der Waals surface area contributed by atoms with Gasteiger partial charge in [-0.3, -0.25) is 4.98 Å². The zero-order valence-corrected chi connectivity index (χ0v) is 7.96. The monoisotopic (exact) mass is 190 g/mol. The molecule has 0 aliphatic rings. The number of rotatable bonds is 1. The van der Waals surface area contributed by atoms with Crippen molar-refractivity contribution in [2.24, 2.45) is 0 Å². The maximum absolute atomic E-state index is 5.92. The number of hydrogen-bond acceptors (Lipinski definition) is 3. The van der Waals surface area contributed by atoms with E-state index in [0.717, 1.165) is 22.2 Å². The fourth-order valence-corrected chi connectivity index (χ4v) is 1.62. The standard InChI is InChI=1S/C10H10N2S/c11-9-8(6-13)4-3-7-2-1-5-12-10(7)9/h1-5,13H,6,11H2. The fraction of sp³-hybridized carbons (Fsp3) is 0.100. The Morgan fingerprint density at radius 1 is 1.31 bits per heavy atom. The number of pyridine rings is 1. The molecular formula is C10H10N2S. The van der Waals surface area contributed by atoms with Gasteiger partial charge in [-0.1, -0.05) is 18.2 Å². The first-order valence-electron chi connectivity index (χ1n) is 4.06. The fourth-order valence-electron chi connectivity index (χ4n) is 1.35. The van der Waals surface area contributed by atoms with E-state index >= 15 is 0 Å². The summed E-state index contributed by atoms with van der Waals surface area (Å²) in [5.41, 5.74) is 8.57. The van der Waals surface area contributed by atoms with Gasteiger partial charge in [-0.15, -0.1) is 0 Å². The second kappa shape index (κ2) is 3.26. The van der Waals surface area contributed by atoms with Crippen LogP contribution in [0, 0.1) is 0 Å². The summed E-state index contributed by atoms with van der Waals surface area (Å²) in [6.07, 6.45) is 1.75. The zero-order chi connectivity index (χ0) is 9.26. The summed E-state index contributed by atoms with van der Waals surface area (Å²) in [5.74, 6) is 0.651. The highest BCUT2D eigenvalue weighted by Crippen LogP contribution is 2.23. The van der Waals surface area contributed by atoms with Gasteiger partial charge in [-0.25, -0.2) is 0 Å². The first-order valence-corrected chi connectivity index (χ1v) is 4.69. The summed E-state index contributed by atoms with van der Waals surface area (Å²) in [5, 5.41) is 1.07. The SMILES string of the molecule is Nc1c(CS)ccc2cccnc12. The van der Waals surface area contributed by atoms with E-state index < -0.39 is 0 Å². The van der Waals surface area contributed by atoms with Crippen LogP contribution in [0.1, 0.15) is 5.56 Å². The van der Waals surface area contributed by atoms with Gasteiger partial charge in [-0.05, 0) is 11.6 Å². The molecule has 1 aromatic carbocycles. The molecule has 2 nitrogen and oxygen atoms in total. The molecule has 0 spiro atoms. The Morgan fingerprint density at radius 3 is 2.92 bits per heavy atom. The van der Waals surface area contributed by atoms with Gasteiger partial charge in [0.15, 0.2) is 0 Å². The molecule has 66 valence electrons. The molecule has 0 saturated carbocycles. The number of nitrogens with two attached hydrogens (primary N) is 1. The Bertz CT molecular complexity index is 440. The third kappa shape index (κ3) is 1.35. The Hall–Kier alpha value is -1.22. The number of nitrogens with zero attached hydrogens (tertiary/aromatic N) is 1. The molecule has 0 unspecified atom stereocenters. The molecular weight excluding hydrogens is 180 g/mol. The normalized spacial score (nSPS) is 10.5. The van der Waals surface area contributed by atoms with Crippen molar-refractivity contribution in [3.63, 3.8) is 0 Å². The van der Waals surface area contributed by atoms with E-state index in [2.05, 4.69) is 17.6 Å². The first-order chi connectivity index (χ1) is 6.33. The van der Waals surface area contributed by atoms with Gasteiger partial charge < -0.3 is 5.73 Å². The first kappa shape index (κ1) is 8.38. The molecule has 0 amide bonds. The molecule has 0 atom stereocenters. The number of fused-ring (bicyclic) bond motifs is 1. The van der Waals surface area contributed by atoms with Gasteiger partial charge in [-0.2, -0.15) is 12.6 Å². The summed E-state index contributed by atoms with van der Waals surface area (Å²) < 4.78 is 0. The summed E-state index contributed by atoms with van der Waals surface area (Å²) >= 11 is 4.20. The third-order valence-corrected chi connectivity index (χ3v) is 2.42. The molecule has 2 N–H and O–H groups in total. The molecule has 2 rings (SSSR count). The Balaban J connectivity index is 2.79. The minimum absolute atomic E-state index is 0.651. The predicted molar refractivity (Wildman–Crippen MR) is 58.8 cm³/mol. The predicted octanol–water partition coefficient (Wildman–Crippen LogP) is 2.25. The van der Waals surface area contributed by atoms with Crippen molar-refractivity contribution < 1.29 is 0 Å². The number of thiol groups is 1. The Labute approximate surface area is 82.2 Å². The van der Waals surface area contributed by atoms with Crippen molar-refractivity contribution in [3.05, 3.63) is 36.0 Å². The molecule has 0 bridgehead atoms. The van der Waals surface area contributed by atoms with E-state index in [0.29, 0.717) is 5.75 Å². The molecule has 0 aliphatic heterocycles. The minimum Gasteiger partial charge on any atom is -0.397 e. The van der Waals surface area contributed by atoms with E-state index in [-0.39, 0.29) is 0 Å². The maximum Gasteiger partial charge on any atom is 0.0934 e.